The van der Waals surface area contributed by atoms with Crippen LogP contribution in [0.25, 0.3) is 6.08 Å². The third kappa shape index (κ3) is 4.12. The number of hydrogen-bond acceptors (Lipinski definition) is 6. The zero-order valence-electron chi connectivity index (χ0n) is 13.7. The molecular weight excluding hydrogens is 356 g/mol. The number of likely N-dealkylation sites (tertiary alicyclic amines) is 1. The Bertz CT molecular complexity index is 850. The van der Waals surface area contributed by atoms with Crippen LogP contribution >= 0.6 is 11.3 Å². The Morgan fingerprint density at radius 3 is 3.00 bits per heavy atom. The lowest BCUT2D eigenvalue weighted by Gasteiger charge is -2.22. The van der Waals surface area contributed by atoms with Gasteiger partial charge in [0.15, 0.2) is 5.13 Å². The molecule has 8 nitrogen and oxygen atoms in total. The van der Waals surface area contributed by atoms with Crippen LogP contribution in [0, 0.1) is 10.1 Å². The molecule has 0 aliphatic carbocycles. The number of carbonyl (C=O) groups excluding carboxylic acids is 2. The van der Waals surface area contributed by atoms with Gasteiger partial charge < -0.3 is 10.2 Å². The third-order valence-electron chi connectivity index (χ3n) is 4.00. The predicted molar refractivity (Wildman–Crippen MR) is 97.6 cm³/mol. The lowest BCUT2D eigenvalue weighted by Crippen LogP contribution is -2.42. The van der Waals surface area contributed by atoms with E-state index in [4.69, 9.17) is 0 Å². The number of benzene rings is 1. The lowest BCUT2D eigenvalue weighted by molar-refractivity contribution is -0.384. The number of rotatable bonds is 5. The normalized spacial score (nSPS) is 16.8. The quantitative estimate of drug-likeness (QED) is 0.493. The van der Waals surface area contributed by atoms with E-state index in [0.29, 0.717) is 23.7 Å². The van der Waals surface area contributed by atoms with E-state index in [1.807, 2.05) is 0 Å². The smallest absolute Gasteiger partial charge is 0.270 e. The second-order valence-corrected chi connectivity index (χ2v) is 6.60. The summed E-state index contributed by atoms with van der Waals surface area (Å²) in [6.45, 7) is 0.494. The monoisotopic (exact) mass is 372 g/mol. The molecule has 2 heterocycles. The summed E-state index contributed by atoms with van der Waals surface area (Å²) in [4.78, 5) is 40.7. The highest BCUT2D eigenvalue weighted by atomic mass is 32.1. The van der Waals surface area contributed by atoms with Crippen LogP contribution in [0.15, 0.2) is 41.9 Å². The maximum absolute atomic E-state index is 12.5. The fraction of sp³-hybridized carbons (Fsp3) is 0.235. The molecule has 26 heavy (non-hydrogen) atoms. The molecule has 2 amide bonds. The molecule has 1 fully saturated rings. The summed E-state index contributed by atoms with van der Waals surface area (Å²) in [7, 11) is 0. The Morgan fingerprint density at radius 2 is 2.27 bits per heavy atom. The van der Waals surface area contributed by atoms with Crippen molar-refractivity contribution in [3.05, 3.63) is 57.6 Å². The first kappa shape index (κ1) is 17.7. The molecule has 0 spiro atoms. The zero-order chi connectivity index (χ0) is 18.5. The highest BCUT2D eigenvalue weighted by Crippen LogP contribution is 2.21. The van der Waals surface area contributed by atoms with Gasteiger partial charge in [0.05, 0.1) is 4.92 Å². The van der Waals surface area contributed by atoms with Crippen molar-refractivity contribution in [2.45, 2.75) is 18.9 Å². The molecule has 1 atom stereocenters. The van der Waals surface area contributed by atoms with E-state index in [-0.39, 0.29) is 17.5 Å². The van der Waals surface area contributed by atoms with Gasteiger partial charge in [-0.2, -0.15) is 0 Å². The van der Waals surface area contributed by atoms with Crippen molar-refractivity contribution in [2.24, 2.45) is 0 Å². The molecule has 1 saturated heterocycles. The van der Waals surface area contributed by atoms with Crippen LogP contribution in [-0.4, -0.2) is 39.2 Å². The summed E-state index contributed by atoms with van der Waals surface area (Å²) in [5.41, 5.74) is 0.511. The molecule has 9 heteroatoms. The number of amides is 2. The van der Waals surface area contributed by atoms with Gasteiger partial charge in [0.1, 0.15) is 6.04 Å². The molecular formula is C17H16N4O4S. The van der Waals surface area contributed by atoms with Crippen molar-refractivity contribution >= 4 is 40.0 Å². The van der Waals surface area contributed by atoms with Crippen LogP contribution in [0.4, 0.5) is 10.8 Å². The van der Waals surface area contributed by atoms with Crippen molar-refractivity contribution in [1.82, 2.24) is 9.88 Å². The standard InChI is InChI=1S/C17H16N4O4S/c22-15(7-6-12-3-1-4-13(11-12)21(24)25)20-9-2-5-14(20)16(23)19-17-18-8-10-26-17/h1,3-4,6-8,10-11,14H,2,5,9H2,(H,18,19,23)/b7-6+. The number of nitro groups is 1. The number of nitrogens with one attached hydrogen (secondary N) is 1. The second kappa shape index (κ2) is 7.87. The maximum Gasteiger partial charge on any atom is 0.270 e. The zero-order valence-corrected chi connectivity index (χ0v) is 14.5. The maximum atomic E-state index is 12.5. The third-order valence-corrected chi connectivity index (χ3v) is 4.69. The number of anilines is 1. The van der Waals surface area contributed by atoms with Gasteiger partial charge in [0, 0.05) is 36.3 Å². The van der Waals surface area contributed by atoms with E-state index >= 15 is 0 Å². The van der Waals surface area contributed by atoms with Crippen LogP contribution in [0.3, 0.4) is 0 Å². The number of hydrogen-bond donors (Lipinski definition) is 1. The lowest BCUT2D eigenvalue weighted by atomic mass is 10.1. The summed E-state index contributed by atoms with van der Waals surface area (Å²) in [6.07, 6.45) is 5.79. The van der Waals surface area contributed by atoms with Gasteiger partial charge in [0.25, 0.3) is 5.69 Å². The fourth-order valence-electron chi connectivity index (χ4n) is 2.78. The number of carbonyl (C=O) groups is 2. The average Bonchev–Trinajstić information content (AvgIpc) is 3.31. The molecule has 1 aliphatic rings. The highest BCUT2D eigenvalue weighted by Gasteiger charge is 2.33. The molecule has 134 valence electrons. The summed E-state index contributed by atoms with van der Waals surface area (Å²) in [5.74, 6) is -0.553. The van der Waals surface area contributed by atoms with E-state index in [1.165, 1.54) is 40.5 Å². The van der Waals surface area contributed by atoms with Crippen LogP contribution in [0.5, 0.6) is 0 Å². The highest BCUT2D eigenvalue weighted by molar-refractivity contribution is 7.13. The first-order valence-corrected chi connectivity index (χ1v) is 8.86. The average molecular weight is 372 g/mol. The van der Waals surface area contributed by atoms with Gasteiger partial charge in [-0.1, -0.05) is 12.1 Å². The molecule has 1 N–H and O–H groups in total. The molecule has 1 unspecified atom stereocenters. The van der Waals surface area contributed by atoms with Crippen LogP contribution in [0.1, 0.15) is 18.4 Å². The molecule has 1 aromatic heterocycles. The van der Waals surface area contributed by atoms with Crippen molar-refractivity contribution in [2.75, 3.05) is 11.9 Å². The van der Waals surface area contributed by atoms with Gasteiger partial charge in [-0.3, -0.25) is 19.7 Å². The molecule has 0 saturated carbocycles. The number of aromatic nitrogens is 1. The molecule has 0 bridgehead atoms. The Balaban J connectivity index is 1.67. The molecule has 1 aliphatic heterocycles. The molecule has 1 aromatic carbocycles. The van der Waals surface area contributed by atoms with Crippen LogP contribution in [-0.2, 0) is 9.59 Å². The first-order chi connectivity index (χ1) is 12.5. The number of thiazole rings is 1. The second-order valence-electron chi connectivity index (χ2n) is 5.70. The van der Waals surface area contributed by atoms with Crippen molar-refractivity contribution in [3.8, 4) is 0 Å². The SMILES string of the molecule is O=C(Nc1nccs1)C1CCCN1C(=O)/C=C/c1cccc([N+](=O)[O-])c1. The van der Waals surface area contributed by atoms with Crippen LogP contribution in [0.2, 0.25) is 0 Å². The Hall–Kier alpha value is -3.07. The van der Waals surface area contributed by atoms with Gasteiger partial charge in [-0.25, -0.2) is 4.98 Å². The minimum Gasteiger partial charge on any atom is -0.327 e. The summed E-state index contributed by atoms with van der Waals surface area (Å²) < 4.78 is 0. The van der Waals surface area contributed by atoms with E-state index < -0.39 is 11.0 Å². The van der Waals surface area contributed by atoms with Gasteiger partial charge in [-0.15, -0.1) is 11.3 Å². The summed E-state index contributed by atoms with van der Waals surface area (Å²) >= 11 is 1.32. The minimum absolute atomic E-state index is 0.0403. The van der Waals surface area contributed by atoms with E-state index in [1.54, 1.807) is 23.7 Å². The van der Waals surface area contributed by atoms with Crippen molar-refractivity contribution < 1.29 is 14.5 Å². The topological polar surface area (TPSA) is 105 Å². The predicted octanol–water partition coefficient (Wildman–Crippen LogP) is 2.69. The Labute approximate surface area is 153 Å². The minimum atomic E-state index is -0.541. The first-order valence-electron chi connectivity index (χ1n) is 7.98. The Morgan fingerprint density at radius 1 is 1.42 bits per heavy atom. The van der Waals surface area contributed by atoms with E-state index in [0.717, 1.165) is 6.42 Å². The largest absolute Gasteiger partial charge is 0.327 e. The summed E-state index contributed by atoms with van der Waals surface area (Å²) in [6, 6.07) is 5.47. The number of nitro benzene ring substituents is 1. The molecule has 3 rings (SSSR count). The number of non-ortho nitro benzene ring substituents is 1. The van der Waals surface area contributed by atoms with Gasteiger partial charge in [-0.05, 0) is 24.5 Å². The summed E-state index contributed by atoms with van der Waals surface area (Å²) in [5, 5.41) is 15.8. The Kier molecular flexibility index (Phi) is 5.37. The van der Waals surface area contributed by atoms with E-state index in [9.17, 15) is 19.7 Å². The number of nitrogens with zero attached hydrogens (tertiary/aromatic N) is 3. The van der Waals surface area contributed by atoms with Crippen molar-refractivity contribution in [3.63, 3.8) is 0 Å². The van der Waals surface area contributed by atoms with E-state index in [2.05, 4.69) is 10.3 Å². The van der Waals surface area contributed by atoms with Gasteiger partial charge in [0.2, 0.25) is 11.8 Å². The van der Waals surface area contributed by atoms with Gasteiger partial charge >= 0.3 is 0 Å². The van der Waals surface area contributed by atoms with Crippen LogP contribution < -0.4 is 5.32 Å². The fourth-order valence-corrected chi connectivity index (χ4v) is 3.31. The van der Waals surface area contributed by atoms with Crippen molar-refractivity contribution in [1.29, 1.82) is 0 Å². The molecule has 0 radical (unpaired) electrons. The molecule has 2 aromatic rings.